The summed E-state index contributed by atoms with van der Waals surface area (Å²) in [7, 11) is -3.74. The number of carbonyl (C=O) groups is 1. The van der Waals surface area contributed by atoms with Crippen LogP contribution in [0.25, 0.3) is 16.9 Å². The number of carbonyl (C=O) groups excluding carboxylic acids is 1. The van der Waals surface area contributed by atoms with Crippen molar-refractivity contribution >= 4 is 16.0 Å². The highest BCUT2D eigenvalue weighted by Crippen LogP contribution is 2.26. The fourth-order valence-electron chi connectivity index (χ4n) is 3.07. The third kappa shape index (κ3) is 3.99. The molecule has 9 heteroatoms. The largest absolute Gasteiger partial charge is 0.461 e. The average molecular weight is 436 g/mol. The summed E-state index contributed by atoms with van der Waals surface area (Å²) in [6.07, 6.45) is 4.59. The Balaban J connectivity index is 1.81. The van der Waals surface area contributed by atoms with E-state index >= 15 is 0 Å². The molecule has 0 saturated heterocycles. The van der Waals surface area contributed by atoms with Crippen molar-refractivity contribution in [1.29, 1.82) is 0 Å². The Bertz CT molecular complexity index is 1320. The molecule has 0 fully saturated rings. The number of benzene rings is 1. The summed E-state index contributed by atoms with van der Waals surface area (Å²) in [6, 6.07) is 15.1. The molecular weight excluding hydrogens is 416 g/mol. The van der Waals surface area contributed by atoms with Gasteiger partial charge in [0.15, 0.2) is 5.69 Å². The predicted molar refractivity (Wildman–Crippen MR) is 115 cm³/mol. The number of aromatic nitrogens is 4. The van der Waals surface area contributed by atoms with Gasteiger partial charge in [-0.05, 0) is 50.2 Å². The van der Waals surface area contributed by atoms with Crippen LogP contribution >= 0.6 is 0 Å². The molecule has 8 nitrogen and oxygen atoms in total. The maximum Gasteiger partial charge on any atom is 0.358 e. The van der Waals surface area contributed by atoms with Crippen LogP contribution in [0, 0.1) is 6.92 Å². The zero-order valence-corrected chi connectivity index (χ0v) is 17.8. The van der Waals surface area contributed by atoms with E-state index in [0.29, 0.717) is 16.9 Å². The fraction of sp³-hybridized carbons (Fsp3) is 0.136. The topological polar surface area (TPSA) is 96.1 Å². The van der Waals surface area contributed by atoms with E-state index in [0.717, 1.165) is 9.67 Å². The molecule has 0 N–H and O–H groups in total. The molecule has 0 unspecified atom stereocenters. The van der Waals surface area contributed by atoms with Crippen LogP contribution in [0.2, 0.25) is 0 Å². The molecular formula is C22H20N4O4S. The lowest BCUT2D eigenvalue weighted by atomic mass is 10.2. The van der Waals surface area contributed by atoms with Gasteiger partial charge in [0.25, 0.3) is 10.0 Å². The summed E-state index contributed by atoms with van der Waals surface area (Å²) in [4.78, 5) is 16.7. The number of hydrogen-bond donors (Lipinski definition) is 0. The highest BCUT2D eigenvalue weighted by molar-refractivity contribution is 7.90. The van der Waals surface area contributed by atoms with Crippen LogP contribution in [0.4, 0.5) is 0 Å². The lowest BCUT2D eigenvalue weighted by Crippen LogP contribution is -2.10. The van der Waals surface area contributed by atoms with Crippen molar-refractivity contribution in [2.45, 2.75) is 18.7 Å². The van der Waals surface area contributed by atoms with Crippen molar-refractivity contribution in [3.05, 3.63) is 84.6 Å². The molecule has 0 aliphatic heterocycles. The van der Waals surface area contributed by atoms with Gasteiger partial charge in [-0.1, -0.05) is 18.2 Å². The number of aryl methyl sites for hydroxylation is 1. The van der Waals surface area contributed by atoms with Gasteiger partial charge in [-0.15, -0.1) is 0 Å². The smallest absolute Gasteiger partial charge is 0.358 e. The van der Waals surface area contributed by atoms with Gasteiger partial charge in [-0.3, -0.25) is 4.98 Å². The zero-order valence-electron chi connectivity index (χ0n) is 17.0. The molecule has 31 heavy (non-hydrogen) atoms. The van der Waals surface area contributed by atoms with Gasteiger partial charge in [0.05, 0.1) is 29.1 Å². The maximum atomic E-state index is 12.9. The van der Waals surface area contributed by atoms with Gasteiger partial charge in [0.2, 0.25) is 0 Å². The summed E-state index contributed by atoms with van der Waals surface area (Å²) in [5, 5.41) is 4.38. The molecule has 3 aromatic heterocycles. The van der Waals surface area contributed by atoms with Crippen molar-refractivity contribution < 1.29 is 17.9 Å². The predicted octanol–water partition coefficient (Wildman–Crippen LogP) is 3.46. The molecule has 0 saturated carbocycles. The first-order chi connectivity index (χ1) is 14.9. The van der Waals surface area contributed by atoms with Crippen LogP contribution in [0.15, 0.2) is 78.1 Å². The van der Waals surface area contributed by atoms with Crippen LogP contribution in [0.5, 0.6) is 0 Å². The van der Waals surface area contributed by atoms with Crippen molar-refractivity contribution in [2.75, 3.05) is 6.61 Å². The first-order valence-electron chi connectivity index (χ1n) is 9.59. The number of rotatable bonds is 6. The van der Waals surface area contributed by atoms with Crippen LogP contribution in [0.1, 0.15) is 23.1 Å². The molecule has 1 aromatic carbocycles. The quantitative estimate of drug-likeness (QED) is 0.430. The summed E-state index contributed by atoms with van der Waals surface area (Å²) >= 11 is 0. The molecule has 0 bridgehead atoms. The molecule has 0 spiro atoms. The monoisotopic (exact) mass is 436 g/mol. The molecule has 158 valence electrons. The fourth-order valence-corrected chi connectivity index (χ4v) is 4.28. The number of nitrogens with zero attached hydrogens (tertiary/aromatic N) is 4. The first-order valence-corrected chi connectivity index (χ1v) is 11.0. The van der Waals surface area contributed by atoms with Gasteiger partial charge < -0.3 is 4.74 Å². The lowest BCUT2D eigenvalue weighted by molar-refractivity contribution is 0.0519. The standard InChI is InChI=1S/C22H20N4O4S/c1-3-30-22(27)20-13-21(26(24-20)18-10-9-16(2)23-14-18)17-11-12-25(15-17)31(28,29)19-7-5-4-6-8-19/h4-15H,3H2,1-2H3. The summed E-state index contributed by atoms with van der Waals surface area (Å²) in [6.45, 7) is 3.80. The van der Waals surface area contributed by atoms with Crippen molar-refractivity contribution in [3.63, 3.8) is 0 Å². The number of hydrogen-bond acceptors (Lipinski definition) is 6. The van der Waals surface area contributed by atoms with E-state index in [9.17, 15) is 13.2 Å². The van der Waals surface area contributed by atoms with Crippen LogP contribution in [-0.2, 0) is 14.8 Å². The Morgan fingerprint density at radius 2 is 1.87 bits per heavy atom. The van der Waals surface area contributed by atoms with Crippen LogP contribution < -0.4 is 0 Å². The summed E-state index contributed by atoms with van der Waals surface area (Å²) < 4.78 is 33.6. The van der Waals surface area contributed by atoms with E-state index < -0.39 is 16.0 Å². The normalized spacial score (nSPS) is 11.4. The lowest BCUT2D eigenvalue weighted by Gasteiger charge is -2.07. The Morgan fingerprint density at radius 1 is 1.10 bits per heavy atom. The van der Waals surface area contributed by atoms with E-state index in [1.54, 1.807) is 48.1 Å². The van der Waals surface area contributed by atoms with E-state index in [1.807, 2.05) is 19.1 Å². The molecule has 4 aromatic rings. The minimum atomic E-state index is -3.74. The molecule has 0 radical (unpaired) electrons. The number of ether oxygens (including phenoxy) is 1. The summed E-state index contributed by atoms with van der Waals surface area (Å²) in [5.74, 6) is -0.557. The maximum absolute atomic E-state index is 12.9. The first kappa shape index (κ1) is 20.5. The molecule has 3 heterocycles. The third-order valence-corrected chi connectivity index (χ3v) is 6.27. The van der Waals surface area contributed by atoms with Crippen molar-refractivity contribution in [2.24, 2.45) is 0 Å². The van der Waals surface area contributed by atoms with Crippen molar-refractivity contribution in [1.82, 2.24) is 18.7 Å². The molecule has 0 amide bonds. The Morgan fingerprint density at radius 3 is 2.55 bits per heavy atom. The van der Waals surface area contributed by atoms with E-state index in [1.165, 1.54) is 24.5 Å². The van der Waals surface area contributed by atoms with E-state index in [2.05, 4.69) is 10.1 Å². The molecule has 0 atom stereocenters. The molecule has 0 aliphatic rings. The molecule has 0 aliphatic carbocycles. The highest BCUT2D eigenvalue weighted by atomic mass is 32.2. The molecule has 4 rings (SSSR count). The second kappa shape index (κ2) is 8.19. The van der Waals surface area contributed by atoms with Gasteiger partial charge >= 0.3 is 5.97 Å². The van der Waals surface area contributed by atoms with Gasteiger partial charge in [-0.25, -0.2) is 21.9 Å². The Labute approximate surface area is 179 Å². The number of esters is 1. The second-order valence-electron chi connectivity index (χ2n) is 6.75. The minimum Gasteiger partial charge on any atom is -0.461 e. The number of pyridine rings is 1. The van der Waals surface area contributed by atoms with Gasteiger partial charge in [0, 0.05) is 23.7 Å². The Hall–Kier alpha value is -3.72. The third-order valence-electron chi connectivity index (χ3n) is 4.62. The average Bonchev–Trinajstić information content (AvgIpc) is 3.43. The summed E-state index contributed by atoms with van der Waals surface area (Å²) in [5.41, 5.74) is 2.70. The van der Waals surface area contributed by atoms with Crippen molar-refractivity contribution in [3.8, 4) is 16.9 Å². The van der Waals surface area contributed by atoms with Gasteiger partial charge in [-0.2, -0.15) is 5.10 Å². The van der Waals surface area contributed by atoms with Crippen LogP contribution in [0.3, 0.4) is 0 Å². The van der Waals surface area contributed by atoms with Crippen LogP contribution in [-0.4, -0.2) is 39.7 Å². The highest BCUT2D eigenvalue weighted by Gasteiger charge is 2.21. The van der Waals surface area contributed by atoms with E-state index in [-0.39, 0.29) is 17.2 Å². The zero-order chi connectivity index (χ0) is 22.0. The Kier molecular flexibility index (Phi) is 5.43. The second-order valence-corrected chi connectivity index (χ2v) is 8.60. The van der Waals surface area contributed by atoms with E-state index in [4.69, 9.17) is 4.74 Å². The SMILES string of the molecule is CCOC(=O)c1cc(-c2ccn(S(=O)(=O)c3ccccc3)c2)n(-c2ccc(C)nc2)n1. The van der Waals surface area contributed by atoms with Gasteiger partial charge in [0.1, 0.15) is 0 Å². The minimum absolute atomic E-state index is 0.121.